The summed E-state index contributed by atoms with van der Waals surface area (Å²) in [7, 11) is 0. The minimum absolute atomic E-state index is 0.0155. The zero-order valence-corrected chi connectivity index (χ0v) is 14.2. The summed E-state index contributed by atoms with van der Waals surface area (Å²) in [6.07, 6.45) is 0.532. The van der Waals surface area contributed by atoms with Crippen LogP contribution < -0.4 is 5.32 Å². The van der Waals surface area contributed by atoms with Crippen LogP contribution in [0.1, 0.15) is 22.4 Å². The lowest BCUT2D eigenvalue weighted by Gasteiger charge is -2.08. The van der Waals surface area contributed by atoms with E-state index < -0.39 is 12.0 Å². The van der Waals surface area contributed by atoms with Crippen molar-refractivity contribution in [3.63, 3.8) is 0 Å². The molecular weight excluding hydrogens is 356 g/mol. The third-order valence-corrected chi connectivity index (χ3v) is 4.41. The molecule has 4 heterocycles. The highest BCUT2D eigenvalue weighted by atomic mass is 32.1. The van der Waals surface area contributed by atoms with E-state index in [1.165, 1.54) is 12.3 Å². The Hall–Kier alpha value is -3.10. The molecule has 0 saturated carbocycles. The minimum Gasteiger partial charge on any atom is -0.461 e. The second-order valence-electron chi connectivity index (χ2n) is 5.49. The predicted molar refractivity (Wildman–Crippen MR) is 93.5 cm³/mol. The van der Waals surface area contributed by atoms with Crippen LogP contribution in [0.5, 0.6) is 0 Å². The first-order valence-electron chi connectivity index (χ1n) is 7.80. The fourth-order valence-corrected chi connectivity index (χ4v) is 3.03. The topological polar surface area (TPSA) is 102 Å². The van der Waals surface area contributed by atoms with Crippen molar-refractivity contribution in [1.82, 2.24) is 10.5 Å². The number of aromatic nitrogens is 1. The summed E-state index contributed by atoms with van der Waals surface area (Å²) in [6, 6.07) is 10.3. The van der Waals surface area contributed by atoms with E-state index in [0.29, 0.717) is 23.0 Å². The van der Waals surface area contributed by atoms with Crippen molar-refractivity contribution in [2.24, 2.45) is 0 Å². The summed E-state index contributed by atoms with van der Waals surface area (Å²) in [5, 5.41) is 20.4. The maximum atomic E-state index is 12.2. The van der Waals surface area contributed by atoms with E-state index in [1.807, 2.05) is 16.8 Å². The molecule has 0 saturated heterocycles. The molecule has 2 N–H and O–H groups in total. The summed E-state index contributed by atoms with van der Waals surface area (Å²) in [5.74, 6) is 1.42. The lowest BCUT2D eigenvalue weighted by molar-refractivity contribution is 0.0893. The highest BCUT2D eigenvalue weighted by Gasteiger charge is 2.18. The molecule has 0 aliphatic carbocycles. The largest absolute Gasteiger partial charge is 0.461 e. The summed E-state index contributed by atoms with van der Waals surface area (Å²) in [5.41, 5.74) is 1.05. The number of rotatable bonds is 6. The van der Waals surface area contributed by atoms with Crippen LogP contribution >= 0.6 is 11.3 Å². The van der Waals surface area contributed by atoms with Gasteiger partial charge in [0.1, 0.15) is 17.6 Å². The molecule has 4 aromatic rings. The summed E-state index contributed by atoms with van der Waals surface area (Å²) in [6.45, 7) is -0.0155. The fourth-order valence-electron chi connectivity index (χ4n) is 2.39. The monoisotopic (exact) mass is 370 g/mol. The van der Waals surface area contributed by atoms with E-state index in [4.69, 9.17) is 13.4 Å². The van der Waals surface area contributed by atoms with Gasteiger partial charge < -0.3 is 23.8 Å². The average molecular weight is 370 g/mol. The average Bonchev–Trinajstić information content (AvgIpc) is 3.42. The molecule has 0 radical (unpaired) electrons. The number of aliphatic hydroxyl groups excluding tert-OH is 1. The number of nitrogens with zero attached hydrogens (tertiary/aromatic N) is 1. The number of hydrogen-bond donors (Lipinski definition) is 2. The Kier molecular flexibility index (Phi) is 4.42. The minimum atomic E-state index is -0.970. The molecule has 0 aliphatic heterocycles. The van der Waals surface area contributed by atoms with Crippen molar-refractivity contribution in [3.05, 3.63) is 64.9 Å². The molecule has 132 valence electrons. The number of aliphatic hydroxyl groups is 1. The van der Waals surface area contributed by atoms with Gasteiger partial charge in [-0.2, -0.15) is 11.3 Å². The van der Waals surface area contributed by atoms with Gasteiger partial charge in [-0.15, -0.1) is 0 Å². The Morgan fingerprint density at radius 3 is 2.92 bits per heavy atom. The molecule has 4 aromatic heterocycles. The number of nitrogens with one attached hydrogen (secondary N) is 1. The SMILES string of the molecule is O=C(NCC(O)c1ccc(-c2ccsc2)o1)c1cc(-c2ccco2)on1. The Morgan fingerprint density at radius 1 is 1.23 bits per heavy atom. The van der Waals surface area contributed by atoms with Gasteiger partial charge in [0.2, 0.25) is 5.76 Å². The van der Waals surface area contributed by atoms with E-state index in [9.17, 15) is 9.90 Å². The molecule has 8 heteroatoms. The van der Waals surface area contributed by atoms with Crippen molar-refractivity contribution in [3.8, 4) is 22.8 Å². The molecule has 0 spiro atoms. The van der Waals surface area contributed by atoms with Gasteiger partial charge in [0, 0.05) is 17.0 Å². The standard InChI is InChI=1S/C18H14N2O5S/c21-13(15-4-3-14(24-15)11-5-7-26-10-11)9-19-18(22)12-8-17(25-20-12)16-2-1-6-23-16/h1-8,10,13,21H,9H2,(H,19,22). The summed E-state index contributed by atoms with van der Waals surface area (Å²) < 4.78 is 15.9. The zero-order chi connectivity index (χ0) is 17.9. The van der Waals surface area contributed by atoms with Gasteiger partial charge in [-0.1, -0.05) is 5.16 Å². The van der Waals surface area contributed by atoms with Gasteiger partial charge in [-0.05, 0) is 35.7 Å². The Labute approximate surface area is 151 Å². The van der Waals surface area contributed by atoms with Gasteiger partial charge in [-0.3, -0.25) is 4.79 Å². The van der Waals surface area contributed by atoms with Crippen LogP contribution in [0, 0.1) is 0 Å². The van der Waals surface area contributed by atoms with Crippen LogP contribution in [0.3, 0.4) is 0 Å². The summed E-state index contributed by atoms with van der Waals surface area (Å²) >= 11 is 1.56. The van der Waals surface area contributed by atoms with E-state index in [1.54, 1.807) is 35.6 Å². The lowest BCUT2D eigenvalue weighted by atomic mass is 10.2. The van der Waals surface area contributed by atoms with E-state index in [-0.39, 0.29) is 12.2 Å². The van der Waals surface area contributed by atoms with Crippen molar-refractivity contribution >= 4 is 17.2 Å². The van der Waals surface area contributed by atoms with E-state index >= 15 is 0 Å². The van der Waals surface area contributed by atoms with Crippen LogP contribution in [0.25, 0.3) is 22.8 Å². The fraction of sp³-hybridized carbons (Fsp3) is 0.111. The first-order valence-corrected chi connectivity index (χ1v) is 8.74. The number of carbonyl (C=O) groups is 1. The number of carbonyl (C=O) groups excluding carboxylic acids is 1. The molecule has 26 heavy (non-hydrogen) atoms. The third kappa shape index (κ3) is 3.32. The van der Waals surface area contributed by atoms with E-state index in [2.05, 4.69) is 10.5 Å². The second kappa shape index (κ2) is 7.03. The first-order chi connectivity index (χ1) is 12.7. The Bertz CT molecular complexity index is 985. The molecule has 0 aromatic carbocycles. The van der Waals surface area contributed by atoms with Crippen LogP contribution in [0.15, 0.2) is 66.8 Å². The second-order valence-corrected chi connectivity index (χ2v) is 6.27. The highest BCUT2D eigenvalue weighted by Crippen LogP contribution is 2.27. The maximum Gasteiger partial charge on any atom is 0.273 e. The van der Waals surface area contributed by atoms with Crippen LogP contribution in [-0.2, 0) is 0 Å². The number of hydrogen-bond acceptors (Lipinski definition) is 7. The molecule has 1 amide bonds. The summed E-state index contributed by atoms with van der Waals surface area (Å²) in [4.78, 5) is 12.2. The smallest absolute Gasteiger partial charge is 0.273 e. The number of thiophene rings is 1. The van der Waals surface area contributed by atoms with Crippen LogP contribution in [0.2, 0.25) is 0 Å². The maximum absolute atomic E-state index is 12.2. The quantitative estimate of drug-likeness (QED) is 0.536. The van der Waals surface area contributed by atoms with Gasteiger partial charge in [0.25, 0.3) is 5.91 Å². The van der Waals surface area contributed by atoms with Crippen molar-refractivity contribution in [2.75, 3.05) is 6.54 Å². The van der Waals surface area contributed by atoms with Crippen molar-refractivity contribution in [2.45, 2.75) is 6.10 Å². The number of amides is 1. The third-order valence-electron chi connectivity index (χ3n) is 3.72. The predicted octanol–water partition coefficient (Wildman–Crippen LogP) is 3.72. The van der Waals surface area contributed by atoms with Gasteiger partial charge in [-0.25, -0.2) is 0 Å². The molecule has 0 fully saturated rings. The molecule has 0 bridgehead atoms. The molecule has 0 aliphatic rings. The van der Waals surface area contributed by atoms with Crippen molar-refractivity contribution < 1.29 is 23.3 Å². The highest BCUT2D eigenvalue weighted by molar-refractivity contribution is 7.08. The Morgan fingerprint density at radius 2 is 2.15 bits per heavy atom. The molecular formula is C18H14N2O5S. The zero-order valence-electron chi connectivity index (χ0n) is 13.4. The Balaban J connectivity index is 1.37. The van der Waals surface area contributed by atoms with Crippen LogP contribution in [-0.4, -0.2) is 22.7 Å². The molecule has 1 unspecified atom stereocenters. The molecule has 4 rings (SSSR count). The van der Waals surface area contributed by atoms with Gasteiger partial charge in [0.15, 0.2) is 11.5 Å². The lowest BCUT2D eigenvalue weighted by Crippen LogP contribution is -2.28. The van der Waals surface area contributed by atoms with Gasteiger partial charge in [0.05, 0.1) is 12.8 Å². The first kappa shape index (κ1) is 16.4. The number of furan rings is 2. The van der Waals surface area contributed by atoms with Gasteiger partial charge >= 0.3 is 0 Å². The molecule has 1 atom stereocenters. The normalized spacial score (nSPS) is 12.2. The molecule has 7 nitrogen and oxygen atoms in total. The van der Waals surface area contributed by atoms with Crippen LogP contribution in [0.4, 0.5) is 0 Å². The van der Waals surface area contributed by atoms with E-state index in [0.717, 1.165) is 5.56 Å². The van der Waals surface area contributed by atoms with Crippen molar-refractivity contribution in [1.29, 1.82) is 0 Å².